The average Bonchev–Trinajstić information content (AvgIpc) is 2.81. The molecule has 1 aliphatic heterocycles. The molecular formula is C23H23N3O3S. The number of piperidine rings is 1. The molecule has 0 saturated carbocycles. The van der Waals surface area contributed by atoms with Crippen LogP contribution in [-0.4, -0.2) is 36.7 Å². The number of hydrogen-bond acceptors (Lipinski definition) is 4. The van der Waals surface area contributed by atoms with Crippen molar-refractivity contribution < 1.29 is 13.2 Å². The largest absolute Gasteiger partial charge is 0.326 e. The summed E-state index contributed by atoms with van der Waals surface area (Å²) in [5, 5.41) is 2.96. The lowest BCUT2D eigenvalue weighted by Gasteiger charge is -2.30. The predicted octanol–water partition coefficient (Wildman–Crippen LogP) is 3.79. The zero-order valence-electron chi connectivity index (χ0n) is 16.4. The van der Waals surface area contributed by atoms with Crippen molar-refractivity contribution in [3.63, 3.8) is 0 Å². The van der Waals surface area contributed by atoms with E-state index in [1.807, 2.05) is 54.6 Å². The van der Waals surface area contributed by atoms with Crippen LogP contribution >= 0.6 is 0 Å². The second-order valence-electron chi connectivity index (χ2n) is 7.30. The van der Waals surface area contributed by atoms with Crippen LogP contribution < -0.4 is 5.32 Å². The van der Waals surface area contributed by atoms with Crippen LogP contribution in [0.25, 0.3) is 11.1 Å². The molecule has 1 saturated heterocycles. The maximum Gasteiger partial charge on any atom is 0.244 e. The van der Waals surface area contributed by atoms with Gasteiger partial charge in [-0.3, -0.25) is 9.78 Å². The molecular weight excluding hydrogens is 398 g/mol. The van der Waals surface area contributed by atoms with Gasteiger partial charge in [0, 0.05) is 37.1 Å². The molecule has 0 atom stereocenters. The SMILES string of the molecule is O=C(Nc1ccc(-c2ccccc2)cc1)C1CCN(S(=O)(=O)c2cccnc2)CC1. The summed E-state index contributed by atoms with van der Waals surface area (Å²) in [7, 11) is -3.56. The number of benzene rings is 2. The van der Waals surface area contributed by atoms with Crippen molar-refractivity contribution >= 4 is 21.6 Å². The number of nitrogens with one attached hydrogen (secondary N) is 1. The number of aromatic nitrogens is 1. The topological polar surface area (TPSA) is 79.4 Å². The molecule has 3 aromatic rings. The molecule has 0 bridgehead atoms. The van der Waals surface area contributed by atoms with E-state index < -0.39 is 10.0 Å². The van der Waals surface area contributed by atoms with Crippen molar-refractivity contribution in [1.82, 2.24) is 9.29 Å². The second-order valence-corrected chi connectivity index (χ2v) is 9.24. The van der Waals surface area contributed by atoms with Gasteiger partial charge in [-0.15, -0.1) is 0 Å². The van der Waals surface area contributed by atoms with E-state index >= 15 is 0 Å². The number of carbonyl (C=O) groups excluding carboxylic acids is 1. The highest BCUT2D eigenvalue weighted by atomic mass is 32.2. The van der Waals surface area contributed by atoms with Gasteiger partial charge in [-0.25, -0.2) is 8.42 Å². The quantitative estimate of drug-likeness (QED) is 0.680. The van der Waals surface area contributed by atoms with Crippen LogP contribution in [0.4, 0.5) is 5.69 Å². The third-order valence-corrected chi connectivity index (χ3v) is 7.24. The highest BCUT2D eigenvalue weighted by molar-refractivity contribution is 7.89. The summed E-state index contributed by atoms with van der Waals surface area (Å²) >= 11 is 0. The molecule has 1 N–H and O–H groups in total. The lowest BCUT2D eigenvalue weighted by Crippen LogP contribution is -2.41. The molecule has 0 spiro atoms. The van der Waals surface area contributed by atoms with Crippen molar-refractivity contribution in [2.24, 2.45) is 5.92 Å². The van der Waals surface area contributed by atoms with Gasteiger partial charge in [-0.2, -0.15) is 4.31 Å². The van der Waals surface area contributed by atoms with Gasteiger partial charge in [0.05, 0.1) is 0 Å². The Hall–Kier alpha value is -3.03. The summed E-state index contributed by atoms with van der Waals surface area (Å²) in [6.45, 7) is 0.643. The Bertz CT molecular complexity index is 1090. The first-order chi connectivity index (χ1) is 14.5. The fraction of sp³-hybridized carbons (Fsp3) is 0.217. The van der Waals surface area contributed by atoms with Crippen LogP contribution in [0.15, 0.2) is 84.0 Å². The van der Waals surface area contributed by atoms with Crippen molar-refractivity contribution in [1.29, 1.82) is 0 Å². The molecule has 1 amide bonds. The number of rotatable bonds is 5. The second kappa shape index (κ2) is 8.77. The number of hydrogen-bond donors (Lipinski definition) is 1. The van der Waals surface area contributed by atoms with E-state index in [4.69, 9.17) is 0 Å². The number of nitrogens with zero attached hydrogens (tertiary/aromatic N) is 2. The average molecular weight is 422 g/mol. The van der Waals surface area contributed by atoms with Gasteiger partial charge in [0.1, 0.15) is 4.90 Å². The van der Waals surface area contributed by atoms with E-state index in [2.05, 4.69) is 10.3 Å². The highest BCUT2D eigenvalue weighted by Crippen LogP contribution is 2.25. The van der Waals surface area contributed by atoms with Gasteiger partial charge >= 0.3 is 0 Å². The van der Waals surface area contributed by atoms with Crippen molar-refractivity contribution in [2.45, 2.75) is 17.7 Å². The summed E-state index contributed by atoms with van der Waals surface area (Å²) in [5.41, 5.74) is 2.95. The van der Waals surface area contributed by atoms with Gasteiger partial charge < -0.3 is 5.32 Å². The minimum Gasteiger partial charge on any atom is -0.326 e. The Morgan fingerprint density at radius 2 is 1.57 bits per heavy atom. The molecule has 1 aliphatic rings. The van der Waals surface area contributed by atoms with Crippen molar-refractivity contribution in [3.05, 3.63) is 79.1 Å². The molecule has 0 radical (unpaired) electrons. The molecule has 6 nitrogen and oxygen atoms in total. The van der Waals surface area contributed by atoms with E-state index in [0.29, 0.717) is 25.9 Å². The Kier molecular flexibility index (Phi) is 5.92. The first-order valence-corrected chi connectivity index (χ1v) is 11.3. The van der Waals surface area contributed by atoms with E-state index in [1.54, 1.807) is 18.3 Å². The number of pyridine rings is 1. The van der Waals surface area contributed by atoms with Gasteiger partial charge in [0.15, 0.2) is 0 Å². The molecule has 30 heavy (non-hydrogen) atoms. The lowest BCUT2D eigenvalue weighted by molar-refractivity contribution is -0.120. The number of sulfonamides is 1. The number of anilines is 1. The molecule has 2 aromatic carbocycles. The van der Waals surface area contributed by atoms with Crippen molar-refractivity contribution in [3.8, 4) is 11.1 Å². The summed E-state index contributed by atoms with van der Waals surface area (Å²) in [6, 6.07) is 20.9. The molecule has 4 rings (SSSR count). The zero-order chi connectivity index (χ0) is 21.0. The maximum atomic E-state index is 12.7. The monoisotopic (exact) mass is 421 g/mol. The Morgan fingerprint density at radius 1 is 0.900 bits per heavy atom. The van der Waals surface area contributed by atoms with Gasteiger partial charge in [-0.1, -0.05) is 42.5 Å². The fourth-order valence-corrected chi connectivity index (χ4v) is 5.06. The highest BCUT2D eigenvalue weighted by Gasteiger charge is 2.32. The van der Waals surface area contributed by atoms with Gasteiger partial charge in [0.2, 0.25) is 15.9 Å². The van der Waals surface area contributed by atoms with E-state index in [9.17, 15) is 13.2 Å². The normalized spacial score (nSPS) is 15.6. The van der Waals surface area contributed by atoms with E-state index in [0.717, 1.165) is 16.8 Å². The van der Waals surface area contributed by atoms with Crippen LogP contribution in [0.3, 0.4) is 0 Å². The molecule has 1 fully saturated rings. The van der Waals surface area contributed by atoms with E-state index in [1.165, 1.54) is 10.5 Å². The Balaban J connectivity index is 1.35. The van der Waals surface area contributed by atoms with Gasteiger partial charge in [-0.05, 0) is 48.2 Å². The summed E-state index contributed by atoms with van der Waals surface area (Å²) < 4.78 is 26.8. The van der Waals surface area contributed by atoms with Crippen LogP contribution in [-0.2, 0) is 14.8 Å². The van der Waals surface area contributed by atoms with Crippen molar-refractivity contribution in [2.75, 3.05) is 18.4 Å². The van der Waals surface area contributed by atoms with Crippen LogP contribution in [0, 0.1) is 5.92 Å². The van der Waals surface area contributed by atoms with Gasteiger partial charge in [0.25, 0.3) is 0 Å². The molecule has 0 unspecified atom stereocenters. The zero-order valence-corrected chi connectivity index (χ0v) is 17.3. The first kappa shape index (κ1) is 20.3. The predicted molar refractivity (Wildman–Crippen MR) is 116 cm³/mol. The summed E-state index contributed by atoms with van der Waals surface area (Å²) in [6.07, 6.45) is 3.88. The third kappa shape index (κ3) is 4.42. The molecule has 7 heteroatoms. The van der Waals surface area contributed by atoms with E-state index in [-0.39, 0.29) is 16.7 Å². The van der Waals surface area contributed by atoms with Crippen LogP contribution in [0.5, 0.6) is 0 Å². The molecule has 2 heterocycles. The minimum atomic E-state index is -3.56. The summed E-state index contributed by atoms with van der Waals surface area (Å²) in [5.74, 6) is -0.278. The fourth-order valence-electron chi connectivity index (χ4n) is 3.63. The smallest absolute Gasteiger partial charge is 0.244 e. The Morgan fingerprint density at radius 3 is 2.20 bits per heavy atom. The Labute approximate surface area is 176 Å². The molecule has 1 aromatic heterocycles. The maximum absolute atomic E-state index is 12.7. The van der Waals surface area contributed by atoms with Crippen LogP contribution in [0.2, 0.25) is 0 Å². The molecule has 154 valence electrons. The first-order valence-electron chi connectivity index (χ1n) is 9.90. The molecule has 0 aliphatic carbocycles. The lowest BCUT2D eigenvalue weighted by atomic mass is 9.97. The minimum absolute atomic E-state index is 0.0686. The summed E-state index contributed by atoms with van der Waals surface area (Å²) in [4.78, 5) is 16.7. The number of amides is 1. The van der Waals surface area contributed by atoms with Crippen LogP contribution in [0.1, 0.15) is 12.8 Å². The number of carbonyl (C=O) groups is 1. The standard InChI is InChI=1S/C23H23N3O3S/c27-23(25-21-10-8-19(9-11-21)18-5-2-1-3-6-18)20-12-15-26(16-13-20)30(28,29)22-7-4-14-24-17-22/h1-11,14,17,20H,12-13,15-16H2,(H,25,27). The third-order valence-electron chi connectivity index (χ3n) is 5.36.